The highest BCUT2D eigenvalue weighted by Crippen LogP contribution is 2.17. The Morgan fingerprint density at radius 1 is 1.37 bits per heavy atom. The van der Waals surface area contributed by atoms with Gasteiger partial charge in [-0.1, -0.05) is 29.3 Å². The van der Waals surface area contributed by atoms with Crippen LogP contribution in [0.15, 0.2) is 29.8 Å². The third-order valence-corrected chi connectivity index (χ3v) is 3.07. The molecule has 19 heavy (non-hydrogen) atoms. The Hall–Kier alpha value is -0.860. The molecular weight excluding hydrogens is 261 g/mol. The molecule has 106 valence electrons. The van der Waals surface area contributed by atoms with E-state index in [9.17, 15) is 4.39 Å². The van der Waals surface area contributed by atoms with Crippen molar-refractivity contribution in [3.05, 3.63) is 46.3 Å². The van der Waals surface area contributed by atoms with Crippen LogP contribution < -0.4 is 5.32 Å². The average Bonchev–Trinajstić information content (AvgIpc) is 2.28. The van der Waals surface area contributed by atoms with Gasteiger partial charge in [0, 0.05) is 5.54 Å². The molecule has 1 N–H and O–H groups in total. The Morgan fingerprint density at radius 3 is 2.63 bits per heavy atom. The molecule has 3 heteroatoms. The van der Waals surface area contributed by atoms with Crippen LogP contribution >= 0.6 is 11.6 Å². The molecule has 0 heterocycles. The third kappa shape index (κ3) is 6.74. The van der Waals surface area contributed by atoms with E-state index < -0.39 is 0 Å². The minimum atomic E-state index is -0.346. The van der Waals surface area contributed by atoms with Gasteiger partial charge in [0.2, 0.25) is 0 Å². The van der Waals surface area contributed by atoms with E-state index in [4.69, 9.17) is 11.6 Å². The quantitative estimate of drug-likeness (QED) is 0.608. The minimum absolute atomic E-state index is 0.154. The summed E-state index contributed by atoms with van der Waals surface area (Å²) in [4.78, 5) is 0. The normalized spacial score (nSPS) is 12.8. The summed E-state index contributed by atoms with van der Waals surface area (Å²) in [5.74, 6) is -0.346. The van der Waals surface area contributed by atoms with E-state index in [0.29, 0.717) is 0 Å². The SMILES string of the molecule is C/C(=C/CCNC(C)(C)C)Cc1ccc(Cl)c(F)c1. The predicted molar refractivity (Wildman–Crippen MR) is 81.2 cm³/mol. The topological polar surface area (TPSA) is 12.0 Å². The lowest BCUT2D eigenvalue weighted by molar-refractivity contribution is 0.431. The van der Waals surface area contributed by atoms with Gasteiger partial charge >= 0.3 is 0 Å². The molecule has 1 aromatic carbocycles. The summed E-state index contributed by atoms with van der Waals surface area (Å²) in [6.07, 6.45) is 3.95. The fraction of sp³-hybridized carbons (Fsp3) is 0.500. The standard InChI is InChI=1S/C16H23ClFN/c1-12(6-5-9-19-16(2,3)4)10-13-7-8-14(17)15(18)11-13/h6-8,11,19H,5,9-10H2,1-4H3/b12-6-. The molecule has 0 aliphatic carbocycles. The van der Waals surface area contributed by atoms with E-state index in [1.807, 2.05) is 6.07 Å². The molecule has 1 nitrogen and oxygen atoms in total. The first kappa shape index (κ1) is 16.2. The lowest BCUT2D eigenvalue weighted by Crippen LogP contribution is -2.36. The fourth-order valence-electron chi connectivity index (χ4n) is 1.81. The van der Waals surface area contributed by atoms with Gasteiger partial charge < -0.3 is 5.32 Å². The second kappa shape index (κ2) is 7.06. The summed E-state index contributed by atoms with van der Waals surface area (Å²) >= 11 is 5.66. The monoisotopic (exact) mass is 283 g/mol. The molecule has 0 unspecified atom stereocenters. The highest BCUT2D eigenvalue weighted by Gasteiger charge is 2.06. The second-order valence-electron chi connectivity index (χ2n) is 5.94. The van der Waals surface area contributed by atoms with Crippen LogP contribution in [0.4, 0.5) is 4.39 Å². The maximum Gasteiger partial charge on any atom is 0.142 e. The van der Waals surface area contributed by atoms with Crippen LogP contribution in [0.2, 0.25) is 5.02 Å². The van der Waals surface area contributed by atoms with Crippen LogP contribution in [0, 0.1) is 5.82 Å². The summed E-state index contributed by atoms with van der Waals surface area (Å²) in [6.45, 7) is 9.49. The molecule has 0 amide bonds. The number of hydrogen-bond acceptors (Lipinski definition) is 1. The Balaban J connectivity index is 2.45. The summed E-state index contributed by atoms with van der Waals surface area (Å²) in [6, 6.07) is 4.99. The first-order valence-electron chi connectivity index (χ1n) is 6.62. The Morgan fingerprint density at radius 2 is 2.05 bits per heavy atom. The van der Waals surface area contributed by atoms with Gasteiger partial charge in [-0.05, 0) is 64.8 Å². The van der Waals surface area contributed by atoms with Crippen LogP contribution in [0.5, 0.6) is 0 Å². The Kier molecular flexibility index (Phi) is 6.02. The van der Waals surface area contributed by atoms with Crippen molar-refractivity contribution in [2.75, 3.05) is 6.54 Å². The largest absolute Gasteiger partial charge is 0.312 e. The second-order valence-corrected chi connectivity index (χ2v) is 6.35. The van der Waals surface area contributed by atoms with Crippen molar-refractivity contribution in [2.45, 2.75) is 46.1 Å². The molecule has 0 fully saturated rings. The molecule has 0 saturated carbocycles. The van der Waals surface area contributed by atoms with Gasteiger partial charge in [0.05, 0.1) is 5.02 Å². The van der Waals surface area contributed by atoms with Gasteiger partial charge in [-0.25, -0.2) is 4.39 Å². The van der Waals surface area contributed by atoms with Crippen LogP contribution in [-0.4, -0.2) is 12.1 Å². The molecule has 0 aliphatic rings. The van der Waals surface area contributed by atoms with Gasteiger partial charge in [-0.2, -0.15) is 0 Å². The molecule has 0 radical (unpaired) electrons. The van der Waals surface area contributed by atoms with Crippen molar-refractivity contribution in [2.24, 2.45) is 0 Å². The number of hydrogen-bond donors (Lipinski definition) is 1. The van der Waals surface area contributed by atoms with E-state index in [2.05, 4.69) is 39.1 Å². The number of nitrogens with one attached hydrogen (secondary N) is 1. The van der Waals surface area contributed by atoms with Gasteiger partial charge in [0.1, 0.15) is 5.82 Å². The van der Waals surface area contributed by atoms with E-state index in [1.54, 1.807) is 6.07 Å². The lowest BCUT2D eigenvalue weighted by Gasteiger charge is -2.19. The van der Waals surface area contributed by atoms with Crippen LogP contribution in [0.25, 0.3) is 0 Å². The van der Waals surface area contributed by atoms with Crippen molar-refractivity contribution in [3.8, 4) is 0 Å². The molecule has 1 rings (SSSR count). The first-order valence-corrected chi connectivity index (χ1v) is 7.00. The zero-order chi connectivity index (χ0) is 14.5. The average molecular weight is 284 g/mol. The van der Waals surface area contributed by atoms with Gasteiger partial charge in [-0.3, -0.25) is 0 Å². The molecular formula is C16H23ClFN. The third-order valence-electron chi connectivity index (χ3n) is 2.76. The summed E-state index contributed by atoms with van der Waals surface area (Å²) < 4.78 is 13.3. The molecule has 0 aromatic heterocycles. The first-order chi connectivity index (χ1) is 8.78. The highest BCUT2D eigenvalue weighted by molar-refractivity contribution is 6.30. The summed E-state index contributed by atoms with van der Waals surface area (Å²) in [5, 5.41) is 3.62. The molecule has 0 aliphatic heterocycles. The number of benzene rings is 1. The predicted octanol–water partition coefficient (Wildman–Crippen LogP) is 4.75. The van der Waals surface area contributed by atoms with Gasteiger partial charge in [0.25, 0.3) is 0 Å². The zero-order valence-corrected chi connectivity index (χ0v) is 12.9. The molecule has 0 atom stereocenters. The minimum Gasteiger partial charge on any atom is -0.312 e. The van der Waals surface area contributed by atoms with E-state index >= 15 is 0 Å². The summed E-state index contributed by atoms with van der Waals surface area (Å²) in [5.41, 5.74) is 2.36. The molecule has 0 spiro atoms. The lowest BCUT2D eigenvalue weighted by atomic mass is 10.0. The van der Waals surface area contributed by atoms with E-state index in [-0.39, 0.29) is 16.4 Å². The van der Waals surface area contributed by atoms with Crippen molar-refractivity contribution < 1.29 is 4.39 Å². The zero-order valence-electron chi connectivity index (χ0n) is 12.2. The summed E-state index contributed by atoms with van der Waals surface area (Å²) in [7, 11) is 0. The van der Waals surface area contributed by atoms with E-state index in [1.165, 1.54) is 11.6 Å². The van der Waals surface area contributed by atoms with E-state index in [0.717, 1.165) is 24.9 Å². The van der Waals surface area contributed by atoms with Crippen molar-refractivity contribution >= 4 is 11.6 Å². The van der Waals surface area contributed by atoms with Crippen LogP contribution in [0.3, 0.4) is 0 Å². The maximum absolute atomic E-state index is 13.3. The van der Waals surface area contributed by atoms with Crippen molar-refractivity contribution in [1.82, 2.24) is 5.32 Å². The number of halogens is 2. The van der Waals surface area contributed by atoms with Gasteiger partial charge in [0.15, 0.2) is 0 Å². The van der Waals surface area contributed by atoms with Crippen molar-refractivity contribution in [3.63, 3.8) is 0 Å². The van der Waals surface area contributed by atoms with Gasteiger partial charge in [-0.15, -0.1) is 0 Å². The molecule has 0 bridgehead atoms. The van der Waals surface area contributed by atoms with Crippen LogP contribution in [0.1, 0.15) is 39.7 Å². The Bertz CT molecular complexity index is 447. The smallest absolute Gasteiger partial charge is 0.142 e. The molecule has 1 aromatic rings. The number of rotatable bonds is 5. The Labute approximate surface area is 120 Å². The van der Waals surface area contributed by atoms with Crippen LogP contribution in [-0.2, 0) is 6.42 Å². The fourth-order valence-corrected chi connectivity index (χ4v) is 1.93. The van der Waals surface area contributed by atoms with Crippen molar-refractivity contribution in [1.29, 1.82) is 0 Å². The molecule has 0 saturated heterocycles. The number of allylic oxidation sites excluding steroid dienone is 1. The maximum atomic E-state index is 13.3. The highest BCUT2D eigenvalue weighted by atomic mass is 35.5.